The molecule has 1 aromatic rings. The summed E-state index contributed by atoms with van der Waals surface area (Å²) in [6.07, 6.45) is 2.87. The van der Waals surface area contributed by atoms with Crippen LogP contribution >= 0.6 is 11.6 Å². The zero-order valence-electron chi connectivity index (χ0n) is 11.6. The largest absolute Gasteiger partial charge is 0.490 e. The third-order valence-corrected chi connectivity index (χ3v) is 3.64. The lowest BCUT2D eigenvalue weighted by atomic mass is 9.92. The summed E-state index contributed by atoms with van der Waals surface area (Å²) in [5, 5.41) is 0.629. The van der Waals surface area contributed by atoms with E-state index in [-0.39, 0.29) is 0 Å². The van der Waals surface area contributed by atoms with Gasteiger partial charge in [-0.05, 0) is 35.6 Å². The summed E-state index contributed by atoms with van der Waals surface area (Å²) in [5.41, 5.74) is 2.35. The molecule has 104 valence electrons. The van der Waals surface area contributed by atoms with E-state index in [0.717, 1.165) is 17.7 Å². The number of aliphatic imine (C=N–C) groups is 1. The molecule has 3 nitrogen and oxygen atoms in total. The average Bonchev–Trinajstić information content (AvgIpc) is 2.39. The molecule has 1 heterocycles. The normalized spacial score (nSPS) is 17.6. The van der Waals surface area contributed by atoms with E-state index in [0.29, 0.717) is 30.2 Å². The molecule has 0 bridgehead atoms. The number of hydrogen-bond donors (Lipinski definition) is 0. The second-order valence-electron chi connectivity index (χ2n) is 5.12. The van der Waals surface area contributed by atoms with Crippen LogP contribution in [-0.2, 0) is 11.2 Å². The first-order chi connectivity index (χ1) is 9.11. The van der Waals surface area contributed by atoms with Gasteiger partial charge in [0.1, 0.15) is 12.4 Å². The highest BCUT2D eigenvalue weighted by molar-refractivity contribution is 6.32. The first-order valence-electron chi connectivity index (χ1n) is 6.59. The molecule has 0 aliphatic carbocycles. The molecule has 0 amide bonds. The molecule has 0 saturated carbocycles. The molecule has 0 radical (unpaired) electrons. The Morgan fingerprint density at radius 3 is 2.84 bits per heavy atom. The molecular weight excluding hydrogens is 262 g/mol. The van der Waals surface area contributed by atoms with Gasteiger partial charge in [0.15, 0.2) is 0 Å². The molecule has 19 heavy (non-hydrogen) atoms. The first-order valence-corrected chi connectivity index (χ1v) is 6.97. The lowest BCUT2D eigenvalue weighted by Gasteiger charge is -2.22. The summed E-state index contributed by atoms with van der Waals surface area (Å²) < 4.78 is 10.6. The molecule has 4 heteroatoms. The molecule has 0 aromatic heterocycles. The van der Waals surface area contributed by atoms with E-state index in [2.05, 4.69) is 18.8 Å². The highest BCUT2D eigenvalue weighted by atomic mass is 35.5. The Kier molecular flexibility index (Phi) is 4.83. The van der Waals surface area contributed by atoms with Gasteiger partial charge in [-0.1, -0.05) is 25.4 Å². The molecule has 1 atom stereocenters. The van der Waals surface area contributed by atoms with Crippen LogP contribution in [-0.4, -0.2) is 32.6 Å². The van der Waals surface area contributed by atoms with Gasteiger partial charge in [0, 0.05) is 13.3 Å². The fourth-order valence-electron chi connectivity index (χ4n) is 2.12. The number of fused-ring (bicyclic) bond motifs is 1. The monoisotopic (exact) mass is 281 g/mol. The van der Waals surface area contributed by atoms with Crippen molar-refractivity contribution in [2.24, 2.45) is 10.9 Å². The highest BCUT2D eigenvalue weighted by Crippen LogP contribution is 2.31. The molecule has 0 spiro atoms. The van der Waals surface area contributed by atoms with Crippen molar-refractivity contribution in [1.29, 1.82) is 0 Å². The molecule has 0 fully saturated rings. The summed E-state index contributed by atoms with van der Waals surface area (Å²) in [5.74, 6) is 1.27. The molecular formula is C15H20ClNO2. The van der Waals surface area contributed by atoms with Gasteiger partial charge in [0.25, 0.3) is 0 Å². The third kappa shape index (κ3) is 3.48. The van der Waals surface area contributed by atoms with Crippen molar-refractivity contribution >= 4 is 17.8 Å². The smallest absolute Gasteiger partial charge is 0.138 e. The molecule has 2 rings (SSSR count). The van der Waals surface area contributed by atoms with Crippen LogP contribution in [0.2, 0.25) is 5.02 Å². The molecule has 1 unspecified atom stereocenters. The highest BCUT2D eigenvalue weighted by Gasteiger charge is 2.19. The van der Waals surface area contributed by atoms with Crippen LogP contribution < -0.4 is 4.74 Å². The van der Waals surface area contributed by atoms with Crippen molar-refractivity contribution in [3.05, 3.63) is 28.3 Å². The summed E-state index contributed by atoms with van der Waals surface area (Å²) in [6, 6.07) is 4.31. The minimum absolute atomic E-state index is 0.348. The Morgan fingerprint density at radius 2 is 2.16 bits per heavy atom. The number of methoxy groups -OCH3 is 1. The standard InChI is InChI=1S/C15H20ClNO2/c1-10(2)14-7-11-8-15(19-5-4-18-3)13(16)6-12(11)9-17-14/h6,8-10,14H,4-5,7H2,1-3H3. The van der Waals surface area contributed by atoms with Crippen LogP contribution in [0.15, 0.2) is 17.1 Å². The Hall–Kier alpha value is -1.06. The van der Waals surface area contributed by atoms with E-state index >= 15 is 0 Å². The SMILES string of the molecule is COCCOc1cc2c(cc1Cl)C=NC(C(C)C)C2. The van der Waals surface area contributed by atoms with E-state index in [1.54, 1.807) is 7.11 Å². The van der Waals surface area contributed by atoms with Crippen molar-refractivity contribution in [3.8, 4) is 5.75 Å². The molecule has 0 N–H and O–H groups in total. The molecule has 1 aliphatic rings. The second kappa shape index (κ2) is 6.40. The summed E-state index contributed by atoms with van der Waals surface area (Å²) in [7, 11) is 1.65. The number of ether oxygens (including phenoxy) is 2. The Morgan fingerprint density at radius 1 is 1.37 bits per heavy atom. The van der Waals surface area contributed by atoms with Gasteiger partial charge < -0.3 is 9.47 Å². The molecule has 1 aromatic carbocycles. The zero-order valence-corrected chi connectivity index (χ0v) is 12.4. The maximum absolute atomic E-state index is 6.21. The summed E-state index contributed by atoms with van der Waals surface area (Å²) in [4.78, 5) is 4.57. The first kappa shape index (κ1) is 14.4. The van der Waals surface area contributed by atoms with Crippen LogP contribution in [0.1, 0.15) is 25.0 Å². The van der Waals surface area contributed by atoms with Crippen molar-refractivity contribution in [2.45, 2.75) is 26.3 Å². The zero-order chi connectivity index (χ0) is 13.8. The van der Waals surface area contributed by atoms with Gasteiger partial charge in [0.2, 0.25) is 0 Å². The minimum atomic E-state index is 0.348. The average molecular weight is 282 g/mol. The lowest BCUT2D eigenvalue weighted by molar-refractivity contribution is 0.146. The second-order valence-corrected chi connectivity index (χ2v) is 5.52. The Balaban J connectivity index is 2.17. The molecule has 1 aliphatic heterocycles. The van der Waals surface area contributed by atoms with Crippen molar-refractivity contribution < 1.29 is 9.47 Å². The number of rotatable bonds is 5. The van der Waals surface area contributed by atoms with Crippen LogP contribution in [0.5, 0.6) is 5.75 Å². The molecule has 0 saturated heterocycles. The topological polar surface area (TPSA) is 30.8 Å². The summed E-state index contributed by atoms with van der Waals surface area (Å²) in [6.45, 7) is 5.46. The number of hydrogen-bond acceptors (Lipinski definition) is 3. The predicted molar refractivity (Wildman–Crippen MR) is 78.7 cm³/mol. The maximum Gasteiger partial charge on any atom is 0.138 e. The fourth-order valence-corrected chi connectivity index (χ4v) is 2.34. The van der Waals surface area contributed by atoms with E-state index < -0.39 is 0 Å². The quantitative estimate of drug-likeness (QED) is 0.775. The van der Waals surface area contributed by atoms with E-state index in [9.17, 15) is 0 Å². The van der Waals surface area contributed by atoms with Gasteiger partial charge in [-0.25, -0.2) is 0 Å². The van der Waals surface area contributed by atoms with Crippen molar-refractivity contribution in [1.82, 2.24) is 0 Å². The van der Waals surface area contributed by atoms with Gasteiger partial charge in [0.05, 0.1) is 17.7 Å². The van der Waals surface area contributed by atoms with Gasteiger partial charge in [-0.2, -0.15) is 0 Å². The van der Waals surface area contributed by atoms with E-state index in [4.69, 9.17) is 21.1 Å². The minimum Gasteiger partial charge on any atom is -0.490 e. The number of halogens is 1. The van der Waals surface area contributed by atoms with E-state index in [1.807, 2.05) is 18.3 Å². The van der Waals surface area contributed by atoms with E-state index in [1.165, 1.54) is 5.56 Å². The van der Waals surface area contributed by atoms with Crippen molar-refractivity contribution in [3.63, 3.8) is 0 Å². The number of nitrogens with zero attached hydrogens (tertiary/aromatic N) is 1. The maximum atomic E-state index is 6.21. The van der Waals surface area contributed by atoms with Gasteiger partial charge in [-0.15, -0.1) is 0 Å². The number of benzene rings is 1. The Labute approximate surface area is 119 Å². The third-order valence-electron chi connectivity index (χ3n) is 3.34. The van der Waals surface area contributed by atoms with Crippen molar-refractivity contribution in [2.75, 3.05) is 20.3 Å². The van der Waals surface area contributed by atoms with Crippen LogP contribution in [0.25, 0.3) is 0 Å². The van der Waals surface area contributed by atoms with Crippen LogP contribution in [0.3, 0.4) is 0 Å². The van der Waals surface area contributed by atoms with Gasteiger partial charge >= 0.3 is 0 Å². The van der Waals surface area contributed by atoms with Gasteiger partial charge in [-0.3, -0.25) is 4.99 Å². The van der Waals surface area contributed by atoms with Crippen LogP contribution in [0, 0.1) is 5.92 Å². The Bertz CT molecular complexity index is 471. The summed E-state index contributed by atoms with van der Waals surface area (Å²) >= 11 is 6.21. The fraction of sp³-hybridized carbons (Fsp3) is 0.533. The predicted octanol–water partition coefficient (Wildman–Crippen LogP) is 3.36. The van der Waals surface area contributed by atoms with Crippen LogP contribution in [0.4, 0.5) is 0 Å². The lowest BCUT2D eigenvalue weighted by Crippen LogP contribution is -2.21.